The molecule has 3 N–H and O–H groups in total. The van der Waals surface area contributed by atoms with Crippen molar-refractivity contribution in [1.82, 2.24) is 5.43 Å². The molecule has 2 aromatic carbocycles. The van der Waals surface area contributed by atoms with Crippen LogP contribution in [0.3, 0.4) is 0 Å². The zero-order chi connectivity index (χ0) is 16.7. The number of hydrazone groups is 1. The van der Waals surface area contributed by atoms with Crippen molar-refractivity contribution in [3.8, 4) is 5.75 Å². The van der Waals surface area contributed by atoms with Gasteiger partial charge in [0.2, 0.25) is 0 Å². The molecule has 0 unspecified atom stereocenters. The Bertz CT molecular complexity index is 724. The maximum atomic E-state index is 11.7. The van der Waals surface area contributed by atoms with Crippen LogP contribution in [0.15, 0.2) is 53.6 Å². The summed E-state index contributed by atoms with van der Waals surface area (Å²) in [6.45, 7) is 2.03. The highest BCUT2D eigenvalue weighted by Crippen LogP contribution is 2.10. The van der Waals surface area contributed by atoms with Gasteiger partial charge in [-0.1, -0.05) is 31.2 Å². The molecule has 23 heavy (non-hydrogen) atoms. The lowest BCUT2D eigenvalue weighted by atomic mass is 10.1. The van der Waals surface area contributed by atoms with E-state index in [0.29, 0.717) is 11.3 Å². The molecule has 2 rings (SSSR count). The predicted octanol–water partition coefficient (Wildman–Crippen LogP) is 2.04. The van der Waals surface area contributed by atoms with Crippen LogP contribution in [0, 0.1) is 0 Å². The highest BCUT2D eigenvalue weighted by molar-refractivity contribution is 6.39. The second-order valence-corrected chi connectivity index (χ2v) is 4.80. The number of aromatic hydroxyl groups is 1. The van der Waals surface area contributed by atoms with Gasteiger partial charge in [0.05, 0.1) is 6.21 Å². The van der Waals surface area contributed by atoms with Gasteiger partial charge in [0.25, 0.3) is 0 Å². The molecule has 2 amide bonds. The first-order valence-corrected chi connectivity index (χ1v) is 7.11. The minimum Gasteiger partial charge on any atom is -0.508 e. The number of benzene rings is 2. The highest BCUT2D eigenvalue weighted by atomic mass is 16.3. The fourth-order valence-corrected chi connectivity index (χ4v) is 1.83. The number of nitrogens with one attached hydrogen (secondary N) is 2. The van der Waals surface area contributed by atoms with Gasteiger partial charge in [-0.15, -0.1) is 0 Å². The van der Waals surface area contributed by atoms with Gasteiger partial charge in [-0.25, -0.2) is 5.43 Å². The summed E-state index contributed by atoms with van der Waals surface area (Å²) in [5.41, 5.74) is 4.41. The number of phenolic OH excluding ortho intramolecular Hbond substituents is 1. The van der Waals surface area contributed by atoms with Gasteiger partial charge >= 0.3 is 11.8 Å². The Morgan fingerprint density at radius 1 is 1.13 bits per heavy atom. The van der Waals surface area contributed by atoms with Crippen LogP contribution >= 0.6 is 0 Å². The Labute approximate surface area is 133 Å². The monoisotopic (exact) mass is 311 g/mol. The molecule has 0 spiro atoms. The summed E-state index contributed by atoms with van der Waals surface area (Å²) < 4.78 is 0. The number of amides is 2. The molecule has 0 aliphatic rings. The lowest BCUT2D eigenvalue weighted by molar-refractivity contribution is -0.136. The van der Waals surface area contributed by atoms with E-state index in [1.165, 1.54) is 18.3 Å². The maximum Gasteiger partial charge on any atom is 0.329 e. The first-order valence-electron chi connectivity index (χ1n) is 7.11. The molecule has 0 fully saturated rings. The van der Waals surface area contributed by atoms with Crippen molar-refractivity contribution in [3.63, 3.8) is 0 Å². The van der Waals surface area contributed by atoms with Gasteiger partial charge < -0.3 is 10.4 Å². The molecule has 2 aromatic rings. The van der Waals surface area contributed by atoms with Crippen molar-refractivity contribution < 1.29 is 14.7 Å². The van der Waals surface area contributed by atoms with Crippen molar-refractivity contribution >= 4 is 23.7 Å². The van der Waals surface area contributed by atoms with Crippen LogP contribution in [0.4, 0.5) is 5.69 Å². The first-order chi connectivity index (χ1) is 11.1. The molecule has 0 aliphatic heterocycles. The largest absolute Gasteiger partial charge is 0.508 e. The fourth-order valence-electron chi connectivity index (χ4n) is 1.83. The summed E-state index contributed by atoms with van der Waals surface area (Å²) in [4.78, 5) is 23.4. The van der Waals surface area contributed by atoms with Crippen LogP contribution < -0.4 is 10.7 Å². The van der Waals surface area contributed by atoms with E-state index in [0.717, 1.165) is 12.0 Å². The van der Waals surface area contributed by atoms with Crippen molar-refractivity contribution in [2.75, 3.05) is 5.32 Å². The quantitative estimate of drug-likeness (QED) is 0.458. The number of anilines is 1. The minimum absolute atomic E-state index is 0.0912. The molecule has 0 aromatic heterocycles. The van der Waals surface area contributed by atoms with E-state index in [1.54, 1.807) is 24.3 Å². The summed E-state index contributed by atoms with van der Waals surface area (Å²) in [5.74, 6) is -1.59. The van der Waals surface area contributed by atoms with E-state index in [4.69, 9.17) is 0 Å². The molecule has 6 heteroatoms. The third-order valence-corrected chi connectivity index (χ3v) is 3.08. The molecule has 0 radical (unpaired) electrons. The molecular formula is C17H17N3O3. The molecule has 0 saturated heterocycles. The van der Waals surface area contributed by atoms with Crippen LogP contribution in [-0.2, 0) is 16.0 Å². The molecule has 0 atom stereocenters. The summed E-state index contributed by atoms with van der Waals surface area (Å²) in [7, 11) is 0. The molecule has 0 bridgehead atoms. The normalized spacial score (nSPS) is 10.5. The molecular weight excluding hydrogens is 294 g/mol. The number of carbonyl (C=O) groups is 2. The van der Waals surface area contributed by atoms with E-state index < -0.39 is 11.8 Å². The summed E-state index contributed by atoms with van der Waals surface area (Å²) in [5, 5.41) is 15.5. The number of hydrogen-bond acceptors (Lipinski definition) is 4. The van der Waals surface area contributed by atoms with Crippen LogP contribution in [0.2, 0.25) is 0 Å². The van der Waals surface area contributed by atoms with Crippen molar-refractivity contribution in [1.29, 1.82) is 0 Å². The van der Waals surface area contributed by atoms with E-state index in [9.17, 15) is 14.7 Å². The van der Waals surface area contributed by atoms with Gasteiger partial charge in [0, 0.05) is 5.69 Å². The topological polar surface area (TPSA) is 90.8 Å². The Hall–Kier alpha value is -3.15. The third kappa shape index (κ3) is 4.96. The Balaban J connectivity index is 1.88. The average molecular weight is 311 g/mol. The van der Waals surface area contributed by atoms with Gasteiger partial charge in [-0.3, -0.25) is 9.59 Å². The van der Waals surface area contributed by atoms with E-state index in [1.807, 2.05) is 19.1 Å². The van der Waals surface area contributed by atoms with Crippen LogP contribution in [0.5, 0.6) is 5.75 Å². The van der Waals surface area contributed by atoms with Gasteiger partial charge in [0.15, 0.2) is 0 Å². The van der Waals surface area contributed by atoms with Crippen molar-refractivity contribution in [3.05, 3.63) is 59.7 Å². The molecule has 118 valence electrons. The van der Waals surface area contributed by atoms with Gasteiger partial charge in [-0.05, 0) is 41.8 Å². The standard InChI is InChI=1S/C17H17N3O3/c1-2-12-6-8-14(9-7-12)19-16(22)17(23)20-18-11-13-4-3-5-15(21)10-13/h3-11,21H,2H2,1H3,(H,19,22)(H,20,23)/b18-11+. The van der Waals surface area contributed by atoms with E-state index in [-0.39, 0.29) is 5.75 Å². The number of carbonyl (C=O) groups excluding carboxylic acids is 2. The fraction of sp³-hybridized carbons (Fsp3) is 0.118. The number of nitrogens with zero attached hydrogens (tertiary/aromatic N) is 1. The lowest BCUT2D eigenvalue weighted by Gasteiger charge is -2.04. The summed E-state index contributed by atoms with van der Waals surface area (Å²) in [6, 6.07) is 13.6. The van der Waals surface area contributed by atoms with Crippen molar-refractivity contribution in [2.24, 2.45) is 5.10 Å². The van der Waals surface area contributed by atoms with E-state index >= 15 is 0 Å². The maximum absolute atomic E-state index is 11.7. The Kier molecular flexibility index (Phi) is 5.46. The van der Waals surface area contributed by atoms with Crippen LogP contribution in [0.25, 0.3) is 0 Å². The number of phenols is 1. The van der Waals surface area contributed by atoms with E-state index in [2.05, 4.69) is 15.8 Å². The Morgan fingerprint density at radius 2 is 1.87 bits per heavy atom. The minimum atomic E-state index is -0.874. The molecule has 0 heterocycles. The Morgan fingerprint density at radius 3 is 2.52 bits per heavy atom. The SMILES string of the molecule is CCc1ccc(NC(=O)C(=O)N/N=C/c2cccc(O)c2)cc1. The van der Waals surface area contributed by atoms with Crippen LogP contribution in [-0.4, -0.2) is 23.1 Å². The molecule has 6 nitrogen and oxygen atoms in total. The predicted molar refractivity (Wildman–Crippen MR) is 88.3 cm³/mol. The summed E-state index contributed by atoms with van der Waals surface area (Å²) in [6.07, 6.45) is 2.24. The lowest BCUT2D eigenvalue weighted by Crippen LogP contribution is -2.32. The third-order valence-electron chi connectivity index (χ3n) is 3.08. The number of hydrogen-bond donors (Lipinski definition) is 3. The zero-order valence-corrected chi connectivity index (χ0v) is 12.6. The zero-order valence-electron chi connectivity index (χ0n) is 12.6. The highest BCUT2D eigenvalue weighted by Gasteiger charge is 2.12. The first kappa shape index (κ1) is 16.2. The molecule has 0 saturated carbocycles. The number of rotatable bonds is 4. The van der Waals surface area contributed by atoms with Gasteiger partial charge in [0.1, 0.15) is 5.75 Å². The van der Waals surface area contributed by atoms with Gasteiger partial charge in [-0.2, -0.15) is 5.10 Å². The second-order valence-electron chi connectivity index (χ2n) is 4.80. The molecule has 0 aliphatic carbocycles. The van der Waals surface area contributed by atoms with Crippen LogP contribution in [0.1, 0.15) is 18.1 Å². The van der Waals surface area contributed by atoms with Crippen molar-refractivity contribution in [2.45, 2.75) is 13.3 Å². The summed E-state index contributed by atoms with van der Waals surface area (Å²) >= 11 is 0. The smallest absolute Gasteiger partial charge is 0.329 e. The number of aryl methyl sites for hydroxylation is 1. The average Bonchev–Trinajstić information content (AvgIpc) is 2.55. The second kappa shape index (κ2) is 7.74.